The molecule has 0 unspecified atom stereocenters. The molecule has 3 aromatic rings. The minimum Gasteiger partial charge on any atom is -0.480 e. The number of ether oxygens (including phenoxy) is 2. The molecule has 1 aromatic carbocycles. The molecule has 0 amide bonds. The van der Waals surface area contributed by atoms with E-state index in [-0.39, 0.29) is 10.5 Å². The van der Waals surface area contributed by atoms with Crippen LogP contribution in [0.25, 0.3) is 11.3 Å². The first-order chi connectivity index (χ1) is 18.9. The Kier molecular flexibility index (Phi) is 7.33. The molecule has 5 rings (SSSR count). The van der Waals surface area contributed by atoms with Gasteiger partial charge in [-0.1, -0.05) is 27.7 Å². The lowest BCUT2D eigenvalue weighted by Gasteiger charge is -2.39. The maximum absolute atomic E-state index is 10.0. The molecule has 0 aliphatic carbocycles. The maximum atomic E-state index is 10.0. The molecule has 2 aliphatic heterocycles. The van der Waals surface area contributed by atoms with Gasteiger partial charge in [-0.2, -0.15) is 5.26 Å². The van der Waals surface area contributed by atoms with E-state index in [0.29, 0.717) is 55.1 Å². The number of benzene rings is 1. The fraction of sp³-hybridized carbons (Fsp3) is 0.467. The molecule has 0 saturated heterocycles. The number of methoxy groups -OCH3 is 1. The average Bonchev–Trinajstić information content (AvgIpc) is 3.27. The van der Waals surface area contributed by atoms with E-state index < -0.39 is 8.32 Å². The van der Waals surface area contributed by atoms with Crippen LogP contribution in [-0.2, 0) is 27.6 Å². The highest BCUT2D eigenvalue weighted by Crippen LogP contribution is 2.44. The number of pyridine rings is 1. The smallest absolute Gasteiger partial charge is 0.237 e. The van der Waals surface area contributed by atoms with E-state index in [1.807, 2.05) is 18.2 Å². The summed E-state index contributed by atoms with van der Waals surface area (Å²) in [7, 11) is -0.345. The van der Waals surface area contributed by atoms with Gasteiger partial charge in [0, 0.05) is 42.3 Å². The lowest BCUT2D eigenvalue weighted by Crippen LogP contribution is -2.45. The van der Waals surface area contributed by atoms with Crippen molar-refractivity contribution < 1.29 is 13.9 Å². The van der Waals surface area contributed by atoms with Crippen molar-refractivity contribution in [1.82, 2.24) is 15.0 Å². The first-order valence-electron chi connectivity index (χ1n) is 13.7. The number of nitrogens with one attached hydrogen (secondary N) is 2. The monoisotopic (exact) mass is 558 g/mol. The van der Waals surface area contributed by atoms with Crippen LogP contribution in [0.4, 0.5) is 17.3 Å². The van der Waals surface area contributed by atoms with Gasteiger partial charge in [0.15, 0.2) is 8.32 Å². The summed E-state index contributed by atoms with van der Waals surface area (Å²) in [5.41, 5.74) is 6.53. The van der Waals surface area contributed by atoms with Crippen LogP contribution in [0.3, 0.4) is 0 Å². The molecule has 210 valence electrons. The maximum Gasteiger partial charge on any atom is 0.237 e. The molecule has 10 heteroatoms. The number of anilines is 3. The van der Waals surface area contributed by atoms with E-state index in [9.17, 15) is 5.26 Å². The minimum absolute atomic E-state index is 0.117. The molecule has 0 fully saturated rings. The lowest BCUT2D eigenvalue weighted by atomic mass is 9.83. The second-order valence-corrected chi connectivity index (χ2v) is 17.2. The Morgan fingerprint density at radius 1 is 1.23 bits per heavy atom. The van der Waals surface area contributed by atoms with Crippen molar-refractivity contribution in [3.63, 3.8) is 0 Å². The largest absolute Gasteiger partial charge is 0.480 e. The molecule has 2 aliphatic rings. The zero-order chi connectivity index (χ0) is 28.7. The average molecular weight is 559 g/mol. The number of nitrogens with zero attached hydrogens (tertiary/aromatic N) is 4. The molecular weight excluding hydrogens is 520 g/mol. The van der Waals surface area contributed by atoms with E-state index in [2.05, 4.69) is 73.5 Å². The Bertz CT molecular complexity index is 1480. The van der Waals surface area contributed by atoms with Gasteiger partial charge in [0.05, 0.1) is 43.0 Å². The number of nitriles is 1. The minimum atomic E-state index is -1.95. The van der Waals surface area contributed by atoms with Gasteiger partial charge in [-0.15, -0.1) is 0 Å². The van der Waals surface area contributed by atoms with Crippen LogP contribution in [0.5, 0.6) is 5.88 Å². The van der Waals surface area contributed by atoms with Gasteiger partial charge in [0.1, 0.15) is 11.8 Å². The first-order valence-corrected chi connectivity index (χ1v) is 16.6. The molecule has 0 bridgehead atoms. The fourth-order valence-electron chi connectivity index (χ4n) is 4.82. The van der Waals surface area contributed by atoms with Crippen molar-refractivity contribution in [2.24, 2.45) is 0 Å². The van der Waals surface area contributed by atoms with Crippen LogP contribution in [0, 0.1) is 11.3 Å². The second-order valence-electron chi connectivity index (χ2n) is 12.4. The molecular formula is C30H38N6O3Si. The van der Waals surface area contributed by atoms with Crippen LogP contribution in [0.2, 0.25) is 18.1 Å². The summed E-state index contributed by atoms with van der Waals surface area (Å²) < 4.78 is 17.8. The van der Waals surface area contributed by atoms with Crippen molar-refractivity contribution in [3.8, 4) is 23.2 Å². The van der Waals surface area contributed by atoms with Crippen molar-refractivity contribution in [2.75, 3.05) is 37.5 Å². The quantitative estimate of drug-likeness (QED) is 0.340. The SMILES string of the molecule is COc1nc2c(cc1Nc1nccc(-c3cc(C#N)c4c(c3)[C@@](C)(CO[Si](C)(C)C(C)(C)C)CN4)n1)COCC2. The van der Waals surface area contributed by atoms with Gasteiger partial charge in [-0.05, 0) is 48.0 Å². The number of hydrogen-bond acceptors (Lipinski definition) is 9. The Hall–Kier alpha value is -3.52. The Balaban J connectivity index is 1.46. The third-order valence-corrected chi connectivity index (χ3v) is 12.9. The summed E-state index contributed by atoms with van der Waals surface area (Å²) in [5.74, 6) is 0.901. The summed E-state index contributed by atoms with van der Waals surface area (Å²) in [6.07, 6.45) is 2.47. The van der Waals surface area contributed by atoms with Crippen LogP contribution < -0.4 is 15.4 Å². The predicted molar refractivity (Wildman–Crippen MR) is 159 cm³/mol. The lowest BCUT2D eigenvalue weighted by molar-refractivity contribution is 0.109. The van der Waals surface area contributed by atoms with Crippen molar-refractivity contribution in [3.05, 3.63) is 52.8 Å². The summed E-state index contributed by atoms with van der Waals surface area (Å²) in [6, 6.07) is 10.2. The van der Waals surface area contributed by atoms with Crippen LogP contribution in [0.15, 0.2) is 30.5 Å². The highest BCUT2D eigenvalue weighted by molar-refractivity contribution is 6.74. The van der Waals surface area contributed by atoms with E-state index in [0.717, 1.165) is 34.5 Å². The van der Waals surface area contributed by atoms with E-state index in [1.54, 1.807) is 13.3 Å². The van der Waals surface area contributed by atoms with Gasteiger partial charge in [0.2, 0.25) is 11.8 Å². The molecule has 40 heavy (non-hydrogen) atoms. The molecule has 0 spiro atoms. The van der Waals surface area contributed by atoms with E-state index >= 15 is 0 Å². The third kappa shape index (κ3) is 5.29. The molecule has 1 atom stereocenters. The number of rotatable bonds is 7. The Morgan fingerprint density at radius 3 is 2.75 bits per heavy atom. The predicted octanol–water partition coefficient (Wildman–Crippen LogP) is 5.94. The summed E-state index contributed by atoms with van der Waals surface area (Å²) in [6.45, 7) is 16.0. The Labute approximate surface area is 237 Å². The first kappa shape index (κ1) is 28.0. The molecule has 4 heterocycles. The summed E-state index contributed by atoms with van der Waals surface area (Å²) in [4.78, 5) is 13.9. The number of fused-ring (bicyclic) bond motifs is 2. The zero-order valence-electron chi connectivity index (χ0n) is 24.4. The standard InChI is InChI=1S/C30H38N6O3Si/c1-29(2,3)40(6,7)39-18-30(4)17-33-26-20(15-31)12-19(13-22(26)30)23-8-10-32-28(35-23)36-25-14-21-16-38-11-9-24(21)34-27(25)37-5/h8,10,12-14,33H,9,11,16-18H2,1-7H3,(H,32,35,36)/t30-/m1/s1. The molecule has 0 saturated carbocycles. The van der Waals surface area contributed by atoms with Gasteiger partial charge in [-0.25, -0.2) is 15.0 Å². The van der Waals surface area contributed by atoms with Gasteiger partial charge >= 0.3 is 0 Å². The number of aromatic nitrogens is 3. The highest BCUT2D eigenvalue weighted by atomic mass is 28.4. The van der Waals surface area contributed by atoms with Crippen molar-refractivity contribution in [1.29, 1.82) is 5.26 Å². The highest BCUT2D eigenvalue weighted by Gasteiger charge is 2.42. The zero-order valence-corrected chi connectivity index (χ0v) is 25.4. The number of hydrogen-bond donors (Lipinski definition) is 2. The van der Waals surface area contributed by atoms with E-state index in [1.165, 1.54) is 0 Å². The van der Waals surface area contributed by atoms with Gasteiger partial charge in [-0.3, -0.25) is 0 Å². The third-order valence-electron chi connectivity index (χ3n) is 8.41. The fourth-order valence-corrected chi connectivity index (χ4v) is 5.93. The Morgan fingerprint density at radius 2 is 2.02 bits per heavy atom. The van der Waals surface area contributed by atoms with Crippen LogP contribution in [0.1, 0.15) is 50.1 Å². The van der Waals surface area contributed by atoms with Crippen LogP contribution >= 0.6 is 0 Å². The van der Waals surface area contributed by atoms with Crippen LogP contribution in [-0.4, -0.2) is 50.1 Å². The van der Waals surface area contributed by atoms with Gasteiger partial charge < -0.3 is 24.5 Å². The summed E-state index contributed by atoms with van der Waals surface area (Å²) in [5, 5.41) is 16.9. The van der Waals surface area contributed by atoms with E-state index in [4.69, 9.17) is 18.9 Å². The summed E-state index contributed by atoms with van der Waals surface area (Å²) >= 11 is 0. The second kappa shape index (κ2) is 10.5. The van der Waals surface area contributed by atoms with Crippen molar-refractivity contribution in [2.45, 2.75) is 64.3 Å². The normalized spacial score (nSPS) is 18.4. The van der Waals surface area contributed by atoms with Crippen molar-refractivity contribution >= 4 is 25.6 Å². The topological polar surface area (TPSA) is 114 Å². The molecule has 0 radical (unpaired) electrons. The molecule has 9 nitrogen and oxygen atoms in total. The molecule has 2 N–H and O–H groups in total. The molecule has 2 aromatic heterocycles. The van der Waals surface area contributed by atoms with Gasteiger partial charge in [0.25, 0.3) is 0 Å².